The van der Waals surface area contributed by atoms with Gasteiger partial charge in [-0.05, 0) is 19.4 Å². The van der Waals surface area contributed by atoms with Crippen LogP contribution in [0.4, 0.5) is 5.82 Å². The molecule has 0 saturated carbocycles. The Morgan fingerprint density at radius 3 is 2.71 bits per heavy atom. The summed E-state index contributed by atoms with van der Waals surface area (Å²) in [5.74, 6) is 0.0111. The van der Waals surface area contributed by atoms with E-state index in [0.29, 0.717) is 17.7 Å². The SMILES string of the molecule is Cc1nn(C)c(N(C)C2CCS(=O)(=O)C2)c1C=CC(=O)O. The Bertz CT molecular complexity index is 691. The minimum absolute atomic E-state index is 0.109. The molecule has 2 rings (SSSR count). The van der Waals surface area contributed by atoms with Crippen molar-refractivity contribution in [1.29, 1.82) is 0 Å². The molecule has 1 fully saturated rings. The van der Waals surface area contributed by atoms with Gasteiger partial charge < -0.3 is 10.0 Å². The summed E-state index contributed by atoms with van der Waals surface area (Å²) in [6.07, 6.45) is 3.14. The normalized spacial score (nSPS) is 21.0. The van der Waals surface area contributed by atoms with E-state index in [-0.39, 0.29) is 17.5 Å². The first-order chi connectivity index (χ1) is 9.71. The van der Waals surface area contributed by atoms with Crippen LogP contribution in [0.5, 0.6) is 0 Å². The Morgan fingerprint density at radius 2 is 2.19 bits per heavy atom. The van der Waals surface area contributed by atoms with Crippen LogP contribution in [0.3, 0.4) is 0 Å². The third-order valence-corrected chi connectivity index (χ3v) is 5.47. The number of hydrogen-bond acceptors (Lipinski definition) is 5. The molecule has 0 spiro atoms. The molecule has 1 N–H and O–H groups in total. The molecule has 1 aliphatic rings. The lowest BCUT2D eigenvalue weighted by Gasteiger charge is -2.26. The number of aliphatic carboxylic acids is 1. The van der Waals surface area contributed by atoms with Crippen LogP contribution >= 0.6 is 0 Å². The highest BCUT2D eigenvalue weighted by atomic mass is 32.2. The maximum atomic E-state index is 11.6. The van der Waals surface area contributed by atoms with Crippen molar-refractivity contribution >= 4 is 27.7 Å². The molecule has 7 nitrogen and oxygen atoms in total. The monoisotopic (exact) mass is 313 g/mol. The molecule has 21 heavy (non-hydrogen) atoms. The van der Waals surface area contributed by atoms with Gasteiger partial charge >= 0.3 is 5.97 Å². The van der Waals surface area contributed by atoms with Crippen LogP contribution in [0.1, 0.15) is 17.7 Å². The Balaban J connectivity index is 2.37. The lowest BCUT2D eigenvalue weighted by Crippen LogP contribution is -2.34. The van der Waals surface area contributed by atoms with Crippen LogP contribution in [0, 0.1) is 6.92 Å². The molecule has 1 aromatic heterocycles. The number of anilines is 1. The molecule has 0 amide bonds. The van der Waals surface area contributed by atoms with Crippen molar-refractivity contribution in [1.82, 2.24) is 9.78 Å². The van der Waals surface area contributed by atoms with Crippen LogP contribution in [-0.2, 0) is 21.7 Å². The second kappa shape index (κ2) is 5.51. The van der Waals surface area contributed by atoms with Crippen molar-refractivity contribution < 1.29 is 18.3 Å². The highest BCUT2D eigenvalue weighted by molar-refractivity contribution is 7.91. The van der Waals surface area contributed by atoms with E-state index in [1.807, 2.05) is 11.9 Å². The average molecular weight is 313 g/mol. The summed E-state index contributed by atoms with van der Waals surface area (Å²) < 4.78 is 24.9. The first-order valence-corrected chi connectivity index (χ1v) is 8.41. The summed E-state index contributed by atoms with van der Waals surface area (Å²) >= 11 is 0. The lowest BCUT2D eigenvalue weighted by molar-refractivity contribution is -0.131. The summed E-state index contributed by atoms with van der Waals surface area (Å²) in [7, 11) is 0.607. The van der Waals surface area contributed by atoms with Crippen LogP contribution in [0.25, 0.3) is 6.08 Å². The predicted octanol–water partition coefficient (Wildman–Crippen LogP) is 0.450. The highest BCUT2D eigenvalue weighted by Gasteiger charge is 2.32. The third-order valence-electron chi connectivity index (χ3n) is 3.72. The summed E-state index contributed by atoms with van der Waals surface area (Å²) in [6, 6.07) is -0.109. The van der Waals surface area contributed by atoms with E-state index in [1.54, 1.807) is 18.7 Å². The van der Waals surface area contributed by atoms with E-state index >= 15 is 0 Å². The number of carboxylic acid groups (broad SMARTS) is 1. The van der Waals surface area contributed by atoms with Gasteiger partial charge in [-0.2, -0.15) is 5.10 Å². The van der Waals surface area contributed by atoms with Gasteiger partial charge in [0, 0.05) is 31.8 Å². The van der Waals surface area contributed by atoms with Crippen molar-refractivity contribution in [2.45, 2.75) is 19.4 Å². The van der Waals surface area contributed by atoms with Crippen molar-refractivity contribution in [3.63, 3.8) is 0 Å². The molecule has 0 aromatic carbocycles. The lowest BCUT2D eigenvalue weighted by atomic mass is 10.1. The first-order valence-electron chi connectivity index (χ1n) is 6.59. The molecular formula is C13H19N3O4S. The number of carboxylic acids is 1. The van der Waals surface area contributed by atoms with Crippen molar-refractivity contribution in [3.05, 3.63) is 17.3 Å². The standard InChI is InChI=1S/C13H19N3O4S/c1-9-11(4-5-12(17)18)13(16(3)14-9)15(2)10-6-7-21(19,20)8-10/h4-5,10H,6-8H2,1-3H3,(H,17,18). The maximum Gasteiger partial charge on any atom is 0.328 e. The van der Waals surface area contributed by atoms with Gasteiger partial charge in [-0.25, -0.2) is 13.2 Å². The average Bonchev–Trinajstić information content (AvgIpc) is 2.85. The van der Waals surface area contributed by atoms with Crippen LogP contribution in [-0.4, -0.2) is 53.9 Å². The number of sulfone groups is 1. The van der Waals surface area contributed by atoms with Gasteiger partial charge in [0.05, 0.1) is 17.2 Å². The van der Waals surface area contributed by atoms with E-state index < -0.39 is 15.8 Å². The molecule has 0 aliphatic carbocycles. The molecule has 1 aliphatic heterocycles. The molecule has 8 heteroatoms. The molecule has 0 bridgehead atoms. The Labute approximate surface area is 123 Å². The topological polar surface area (TPSA) is 92.5 Å². The van der Waals surface area contributed by atoms with E-state index in [2.05, 4.69) is 5.10 Å². The number of rotatable bonds is 4. The predicted molar refractivity (Wildman–Crippen MR) is 80.1 cm³/mol. The molecule has 116 valence electrons. The second-order valence-corrected chi connectivity index (χ2v) is 7.51. The number of aromatic nitrogens is 2. The first kappa shape index (κ1) is 15.6. The van der Waals surface area contributed by atoms with E-state index in [1.165, 1.54) is 6.08 Å². The zero-order valence-corrected chi connectivity index (χ0v) is 13.1. The Hall–Kier alpha value is -1.83. The largest absolute Gasteiger partial charge is 0.478 e. The Morgan fingerprint density at radius 1 is 1.52 bits per heavy atom. The van der Waals surface area contributed by atoms with Crippen molar-refractivity contribution in [2.75, 3.05) is 23.5 Å². The number of aryl methyl sites for hydroxylation is 2. The number of hydrogen-bond donors (Lipinski definition) is 1. The van der Waals surface area contributed by atoms with Crippen LogP contribution in [0.15, 0.2) is 6.08 Å². The summed E-state index contributed by atoms with van der Waals surface area (Å²) in [4.78, 5) is 12.6. The minimum Gasteiger partial charge on any atom is -0.478 e. The third kappa shape index (κ3) is 3.26. The Kier molecular flexibility index (Phi) is 4.08. The molecule has 1 unspecified atom stereocenters. The summed E-state index contributed by atoms with van der Waals surface area (Å²) in [5, 5.41) is 13.1. The maximum absolute atomic E-state index is 11.6. The van der Waals surface area contributed by atoms with Crippen LogP contribution in [0.2, 0.25) is 0 Å². The van der Waals surface area contributed by atoms with Crippen molar-refractivity contribution in [2.24, 2.45) is 7.05 Å². The number of nitrogens with zero attached hydrogens (tertiary/aromatic N) is 3. The second-order valence-electron chi connectivity index (χ2n) is 5.29. The number of carbonyl (C=O) groups is 1. The van der Waals surface area contributed by atoms with E-state index in [0.717, 1.165) is 11.9 Å². The summed E-state index contributed by atoms with van der Waals surface area (Å²) in [5.41, 5.74) is 1.41. The van der Waals surface area contributed by atoms with Crippen molar-refractivity contribution in [3.8, 4) is 0 Å². The molecule has 0 radical (unpaired) electrons. The molecule has 1 saturated heterocycles. The summed E-state index contributed by atoms with van der Waals surface area (Å²) in [6.45, 7) is 1.80. The molecule has 2 heterocycles. The van der Waals surface area contributed by atoms with Gasteiger partial charge in [0.25, 0.3) is 0 Å². The molecule has 1 atom stereocenters. The quantitative estimate of drug-likeness (QED) is 0.811. The van der Waals surface area contributed by atoms with Gasteiger partial charge in [0.2, 0.25) is 0 Å². The fourth-order valence-corrected chi connectivity index (χ4v) is 4.46. The van der Waals surface area contributed by atoms with Gasteiger partial charge in [0.1, 0.15) is 5.82 Å². The molecular weight excluding hydrogens is 294 g/mol. The smallest absolute Gasteiger partial charge is 0.328 e. The van der Waals surface area contributed by atoms with Gasteiger partial charge in [-0.3, -0.25) is 4.68 Å². The van der Waals surface area contributed by atoms with Gasteiger partial charge in [0.15, 0.2) is 9.84 Å². The molecule has 1 aromatic rings. The fraction of sp³-hybridized carbons (Fsp3) is 0.538. The fourth-order valence-electron chi connectivity index (χ4n) is 2.68. The zero-order chi connectivity index (χ0) is 15.8. The van der Waals surface area contributed by atoms with E-state index in [4.69, 9.17) is 5.11 Å². The van der Waals surface area contributed by atoms with E-state index in [9.17, 15) is 13.2 Å². The van der Waals surface area contributed by atoms with Crippen LogP contribution < -0.4 is 4.90 Å². The minimum atomic E-state index is -2.98. The van der Waals surface area contributed by atoms with Gasteiger partial charge in [-0.15, -0.1) is 0 Å². The highest BCUT2D eigenvalue weighted by Crippen LogP contribution is 2.28. The van der Waals surface area contributed by atoms with Gasteiger partial charge in [-0.1, -0.05) is 0 Å². The zero-order valence-electron chi connectivity index (χ0n) is 12.3.